The number of nitrogens with zero attached hydrogens (tertiary/aromatic N) is 1. The summed E-state index contributed by atoms with van der Waals surface area (Å²) in [6.07, 6.45) is 1.59. The van der Waals surface area contributed by atoms with Gasteiger partial charge < -0.3 is 4.55 Å². The predicted octanol–water partition coefficient (Wildman–Crippen LogP) is 3.38. The Morgan fingerprint density at radius 3 is 2.17 bits per heavy atom. The van der Waals surface area contributed by atoms with Gasteiger partial charge in [-0.2, -0.15) is 0 Å². The van der Waals surface area contributed by atoms with Crippen LogP contribution in [0.25, 0.3) is 10.8 Å². The molecule has 0 spiro atoms. The van der Waals surface area contributed by atoms with Crippen LogP contribution in [0.15, 0.2) is 65.6 Å². The smallest absolute Gasteiger partial charge is 0.265 e. The van der Waals surface area contributed by atoms with Crippen molar-refractivity contribution in [3.63, 3.8) is 0 Å². The van der Waals surface area contributed by atoms with Crippen LogP contribution in [-0.2, 0) is 11.2 Å². The lowest BCUT2D eigenvalue weighted by Crippen LogP contribution is -2.40. The van der Waals surface area contributed by atoms with Crippen molar-refractivity contribution in [2.45, 2.75) is 4.90 Å². The van der Waals surface area contributed by atoms with Gasteiger partial charge in [-0.15, -0.1) is 0 Å². The first-order chi connectivity index (χ1) is 11.6. The summed E-state index contributed by atoms with van der Waals surface area (Å²) in [6, 6.07) is 17.5. The van der Waals surface area contributed by atoms with Crippen molar-refractivity contribution in [3.05, 3.63) is 71.8 Å². The summed E-state index contributed by atoms with van der Waals surface area (Å²) in [6.45, 7) is 0. The fourth-order valence-electron chi connectivity index (χ4n) is 3.13. The molecule has 0 bridgehead atoms. The molecule has 3 aromatic carbocycles. The topological polar surface area (TPSA) is 60.4 Å². The number of rotatable bonds is 2. The summed E-state index contributed by atoms with van der Waals surface area (Å²) in [7, 11) is 0. The minimum atomic E-state index is -1.20. The maximum absolute atomic E-state index is 12.9. The van der Waals surface area contributed by atoms with Gasteiger partial charge in [0.1, 0.15) is 6.26 Å². The van der Waals surface area contributed by atoms with Crippen molar-refractivity contribution >= 4 is 39.5 Å². The van der Waals surface area contributed by atoms with E-state index < -0.39 is 11.2 Å². The summed E-state index contributed by atoms with van der Waals surface area (Å²) in [4.78, 5) is 27.7. The molecule has 4 nitrogen and oxygen atoms in total. The van der Waals surface area contributed by atoms with Crippen molar-refractivity contribution < 1.29 is 14.1 Å². The second-order valence-corrected chi connectivity index (χ2v) is 6.92. The van der Waals surface area contributed by atoms with Gasteiger partial charge >= 0.3 is 0 Å². The first-order valence-electron chi connectivity index (χ1n) is 7.42. The van der Waals surface area contributed by atoms with Crippen molar-refractivity contribution in [3.8, 4) is 0 Å². The lowest BCUT2D eigenvalue weighted by Gasteiger charge is -2.27. The molecule has 0 aliphatic carbocycles. The van der Waals surface area contributed by atoms with Crippen LogP contribution in [0, 0.1) is 0 Å². The first-order valence-corrected chi connectivity index (χ1v) is 8.98. The third-order valence-electron chi connectivity index (χ3n) is 4.19. The lowest BCUT2D eigenvalue weighted by molar-refractivity contribution is 0.0893. The van der Waals surface area contributed by atoms with E-state index in [0.717, 1.165) is 0 Å². The van der Waals surface area contributed by atoms with Gasteiger partial charge in [0, 0.05) is 21.9 Å². The zero-order chi connectivity index (χ0) is 16.8. The van der Waals surface area contributed by atoms with Gasteiger partial charge in [0.2, 0.25) is 0 Å². The molecule has 0 aromatic heterocycles. The third kappa shape index (κ3) is 2.06. The van der Waals surface area contributed by atoms with E-state index in [9.17, 15) is 14.1 Å². The van der Waals surface area contributed by atoms with Gasteiger partial charge in [-0.3, -0.25) is 9.59 Å². The summed E-state index contributed by atoms with van der Waals surface area (Å²) >= 11 is -1.20. The highest BCUT2D eigenvalue weighted by molar-refractivity contribution is 7.91. The Morgan fingerprint density at radius 1 is 0.833 bits per heavy atom. The van der Waals surface area contributed by atoms with Crippen molar-refractivity contribution in [2.75, 3.05) is 11.2 Å². The largest absolute Gasteiger partial charge is 0.612 e. The highest BCUT2D eigenvalue weighted by Gasteiger charge is 2.35. The summed E-state index contributed by atoms with van der Waals surface area (Å²) in [5.74, 6) is -0.716. The number of benzene rings is 3. The quantitative estimate of drug-likeness (QED) is 0.533. The monoisotopic (exact) mass is 335 g/mol. The number of hydrogen-bond acceptors (Lipinski definition) is 3. The van der Waals surface area contributed by atoms with Crippen LogP contribution in [0.2, 0.25) is 0 Å². The Kier molecular flexibility index (Phi) is 3.40. The van der Waals surface area contributed by atoms with E-state index in [1.807, 2.05) is 6.07 Å². The fraction of sp³-hybridized carbons (Fsp3) is 0.0526. The van der Waals surface area contributed by atoms with Crippen molar-refractivity contribution in [2.24, 2.45) is 0 Å². The molecule has 5 heteroatoms. The predicted molar refractivity (Wildman–Crippen MR) is 93.9 cm³/mol. The van der Waals surface area contributed by atoms with E-state index in [1.165, 1.54) is 4.90 Å². The Morgan fingerprint density at radius 2 is 1.50 bits per heavy atom. The fourth-order valence-corrected chi connectivity index (χ4v) is 3.87. The van der Waals surface area contributed by atoms with Crippen LogP contribution < -0.4 is 4.90 Å². The SMILES string of the molecule is C[S+]([O-])c1ccc2c3c(cccc13)C(=O)N(c1ccccc1)C2=O. The highest BCUT2D eigenvalue weighted by Crippen LogP contribution is 2.35. The molecule has 2 amide bonds. The van der Waals surface area contributed by atoms with Gasteiger partial charge in [0.25, 0.3) is 11.8 Å². The van der Waals surface area contributed by atoms with Crippen LogP contribution in [0.5, 0.6) is 0 Å². The van der Waals surface area contributed by atoms with E-state index in [0.29, 0.717) is 32.5 Å². The summed E-state index contributed by atoms with van der Waals surface area (Å²) in [5.41, 5.74) is 1.45. The molecular formula is C19H13NO3S. The van der Waals surface area contributed by atoms with E-state index >= 15 is 0 Å². The van der Waals surface area contributed by atoms with Gasteiger partial charge in [0.05, 0.1) is 5.69 Å². The van der Waals surface area contributed by atoms with Gasteiger partial charge in [-0.25, -0.2) is 4.90 Å². The molecule has 1 aliphatic rings. The van der Waals surface area contributed by atoms with Gasteiger partial charge in [-0.1, -0.05) is 24.3 Å². The Hall–Kier alpha value is -2.63. The molecule has 3 aromatic rings. The second kappa shape index (κ2) is 5.47. The second-order valence-electron chi connectivity index (χ2n) is 5.57. The van der Waals surface area contributed by atoms with Crippen molar-refractivity contribution in [1.29, 1.82) is 0 Å². The number of hydrogen-bond donors (Lipinski definition) is 0. The standard InChI is InChI=1S/C19H13NO3S/c1-24(23)16-11-10-15-17-13(16)8-5-9-14(17)18(21)20(19(15)22)12-6-3-2-4-7-12/h2-11H,1H3. The summed E-state index contributed by atoms with van der Waals surface area (Å²) < 4.78 is 12.0. The van der Waals surface area contributed by atoms with Crippen LogP contribution in [0.3, 0.4) is 0 Å². The number of para-hydroxylation sites is 1. The number of carbonyl (C=O) groups is 2. The minimum absolute atomic E-state index is 0.358. The zero-order valence-corrected chi connectivity index (χ0v) is 13.7. The van der Waals surface area contributed by atoms with Crippen LogP contribution >= 0.6 is 0 Å². The normalized spacial score (nSPS) is 15.0. The average molecular weight is 335 g/mol. The van der Waals surface area contributed by atoms with Crippen molar-refractivity contribution in [1.82, 2.24) is 0 Å². The molecule has 24 heavy (non-hydrogen) atoms. The highest BCUT2D eigenvalue weighted by atomic mass is 32.2. The summed E-state index contributed by atoms with van der Waals surface area (Å²) in [5, 5.41) is 1.28. The molecule has 0 saturated carbocycles. The molecule has 1 unspecified atom stereocenters. The Balaban J connectivity index is 2.01. The van der Waals surface area contributed by atoms with E-state index in [1.54, 1.807) is 60.9 Å². The van der Waals surface area contributed by atoms with Gasteiger partial charge in [-0.05, 0) is 47.6 Å². The minimum Gasteiger partial charge on any atom is -0.612 e. The third-order valence-corrected chi connectivity index (χ3v) is 5.17. The average Bonchev–Trinajstić information content (AvgIpc) is 2.60. The molecule has 1 aliphatic heterocycles. The number of imide groups is 1. The molecule has 118 valence electrons. The molecule has 1 heterocycles. The van der Waals surface area contributed by atoms with E-state index in [-0.39, 0.29) is 11.8 Å². The lowest BCUT2D eigenvalue weighted by atomic mass is 9.93. The van der Waals surface area contributed by atoms with E-state index in [4.69, 9.17) is 0 Å². The zero-order valence-electron chi connectivity index (χ0n) is 12.9. The Labute approximate surface area is 141 Å². The number of amides is 2. The Bertz CT molecular complexity index is 960. The molecule has 1 atom stereocenters. The first kappa shape index (κ1) is 14.9. The maximum Gasteiger partial charge on any atom is 0.265 e. The number of anilines is 1. The molecular weight excluding hydrogens is 322 g/mol. The van der Waals surface area contributed by atoms with Crippen LogP contribution in [0.1, 0.15) is 20.7 Å². The number of carbonyl (C=O) groups excluding carboxylic acids is 2. The molecule has 4 rings (SSSR count). The maximum atomic E-state index is 12.9. The molecule has 0 fully saturated rings. The molecule has 0 saturated heterocycles. The molecule has 0 radical (unpaired) electrons. The van der Waals surface area contributed by atoms with Crippen LogP contribution in [-0.4, -0.2) is 22.6 Å². The van der Waals surface area contributed by atoms with E-state index in [2.05, 4.69) is 0 Å². The van der Waals surface area contributed by atoms with Crippen LogP contribution in [0.4, 0.5) is 5.69 Å². The van der Waals surface area contributed by atoms with Gasteiger partial charge in [0.15, 0.2) is 4.90 Å². The molecule has 0 N–H and O–H groups in total.